The van der Waals surface area contributed by atoms with E-state index in [1.165, 1.54) is 18.2 Å². The maximum atomic E-state index is 12.3. The molecule has 1 aliphatic heterocycles. The number of methoxy groups -OCH3 is 1. The number of hydrogen-bond donors (Lipinski definition) is 4. The van der Waals surface area contributed by atoms with Gasteiger partial charge in [-0.1, -0.05) is 6.07 Å². The van der Waals surface area contributed by atoms with Crippen LogP contribution in [0, 0.1) is 5.92 Å². The van der Waals surface area contributed by atoms with Crippen LogP contribution in [0.25, 0.3) is 0 Å². The van der Waals surface area contributed by atoms with E-state index in [1.807, 2.05) is 0 Å². The van der Waals surface area contributed by atoms with Gasteiger partial charge in [0, 0.05) is 19.3 Å². The van der Waals surface area contributed by atoms with Crippen LogP contribution in [0.2, 0.25) is 0 Å². The molecule has 0 fully saturated rings. The van der Waals surface area contributed by atoms with Gasteiger partial charge in [0.05, 0.1) is 32.0 Å². The third kappa shape index (κ3) is 4.49. The molecule has 0 aliphatic carbocycles. The minimum absolute atomic E-state index is 0.000107. The summed E-state index contributed by atoms with van der Waals surface area (Å²) in [6.07, 6.45) is 0.431. The average Bonchev–Trinajstić information content (AvgIpc) is 2.67. The molecule has 10 heteroatoms. The topological polar surface area (TPSA) is 160 Å². The number of hydrogen-bond acceptors (Lipinski definition) is 10. The van der Waals surface area contributed by atoms with Crippen LogP contribution in [-0.4, -0.2) is 63.8 Å². The monoisotopic (exact) mass is 410 g/mol. The second-order valence-corrected chi connectivity index (χ2v) is 6.66. The molecule has 0 amide bonds. The van der Waals surface area contributed by atoms with Crippen LogP contribution in [0.1, 0.15) is 18.9 Å². The Hall–Kier alpha value is -3.11. The lowest BCUT2D eigenvalue weighted by atomic mass is 9.74. The Morgan fingerprint density at radius 1 is 1.24 bits per heavy atom. The highest BCUT2D eigenvalue weighted by atomic mass is 16.6. The fraction of sp³-hybridized carbons (Fsp3) is 0.421. The van der Waals surface area contributed by atoms with Crippen LogP contribution in [0.4, 0.5) is 0 Å². The van der Waals surface area contributed by atoms with E-state index in [0.29, 0.717) is 5.56 Å². The van der Waals surface area contributed by atoms with Crippen molar-refractivity contribution < 1.29 is 49.0 Å². The number of esters is 2. The van der Waals surface area contributed by atoms with Gasteiger partial charge in [0.25, 0.3) is 0 Å². The number of phenolic OH excluding ortho intramolecular Hbond substituents is 2. The Bertz CT molecular complexity index is 828. The zero-order valence-corrected chi connectivity index (χ0v) is 15.8. The Balaban J connectivity index is 2.10. The predicted octanol–water partition coefficient (Wildman–Crippen LogP) is -0.0846. The van der Waals surface area contributed by atoms with Crippen molar-refractivity contribution in [3.05, 3.63) is 35.6 Å². The van der Waals surface area contributed by atoms with E-state index < -0.39 is 35.7 Å². The van der Waals surface area contributed by atoms with Crippen molar-refractivity contribution in [2.45, 2.75) is 31.2 Å². The Labute approximate surface area is 165 Å². The number of carbonyl (C=O) groups is 3. The second-order valence-electron chi connectivity index (χ2n) is 6.66. The largest absolute Gasteiger partial charge is 0.504 e. The smallest absolute Gasteiger partial charge is 0.337 e. The van der Waals surface area contributed by atoms with Gasteiger partial charge >= 0.3 is 11.9 Å². The molecule has 0 spiro atoms. The van der Waals surface area contributed by atoms with Crippen LogP contribution in [0.5, 0.6) is 11.5 Å². The average molecular weight is 410 g/mol. The summed E-state index contributed by atoms with van der Waals surface area (Å²) in [5, 5.41) is 39.6. The second kappa shape index (κ2) is 8.50. The van der Waals surface area contributed by atoms with E-state index in [1.54, 1.807) is 0 Å². The minimum atomic E-state index is -2.60. The number of aliphatic hydroxyl groups is 2. The fourth-order valence-corrected chi connectivity index (χ4v) is 2.91. The molecule has 2 rings (SSSR count). The predicted molar refractivity (Wildman–Crippen MR) is 95.4 cm³/mol. The van der Waals surface area contributed by atoms with Gasteiger partial charge in [0.15, 0.2) is 23.4 Å². The highest BCUT2D eigenvalue weighted by Gasteiger charge is 2.59. The number of phenols is 2. The van der Waals surface area contributed by atoms with Crippen LogP contribution < -0.4 is 0 Å². The Morgan fingerprint density at radius 3 is 2.52 bits per heavy atom. The van der Waals surface area contributed by atoms with E-state index in [0.717, 1.165) is 20.3 Å². The quantitative estimate of drug-likeness (QED) is 0.272. The summed E-state index contributed by atoms with van der Waals surface area (Å²) in [6.45, 7) is 0.904. The number of aldehydes is 1. The summed E-state index contributed by atoms with van der Waals surface area (Å²) in [7, 11) is 1.07. The highest BCUT2D eigenvalue weighted by molar-refractivity contribution is 5.91. The molecule has 3 unspecified atom stereocenters. The molecule has 3 atom stereocenters. The van der Waals surface area contributed by atoms with Crippen LogP contribution in [0.3, 0.4) is 0 Å². The minimum Gasteiger partial charge on any atom is -0.504 e. The molecule has 0 aromatic heterocycles. The van der Waals surface area contributed by atoms with E-state index in [-0.39, 0.29) is 36.4 Å². The van der Waals surface area contributed by atoms with Gasteiger partial charge in [-0.25, -0.2) is 4.79 Å². The molecule has 1 aromatic carbocycles. The van der Waals surface area contributed by atoms with Gasteiger partial charge in [-0.2, -0.15) is 0 Å². The molecule has 4 N–H and O–H groups in total. The van der Waals surface area contributed by atoms with E-state index in [2.05, 4.69) is 4.74 Å². The first-order chi connectivity index (χ1) is 13.6. The molecule has 1 heterocycles. The molecule has 1 aliphatic rings. The summed E-state index contributed by atoms with van der Waals surface area (Å²) < 4.78 is 14.5. The summed E-state index contributed by atoms with van der Waals surface area (Å²) in [5.41, 5.74) is -2.33. The first kappa shape index (κ1) is 22.2. The number of aromatic hydroxyl groups is 2. The fourth-order valence-electron chi connectivity index (χ4n) is 2.91. The van der Waals surface area contributed by atoms with Crippen LogP contribution in [-0.2, 0) is 35.0 Å². The molecular weight excluding hydrogens is 388 g/mol. The van der Waals surface area contributed by atoms with Crippen molar-refractivity contribution in [1.29, 1.82) is 0 Å². The van der Waals surface area contributed by atoms with E-state index in [4.69, 9.17) is 9.47 Å². The summed E-state index contributed by atoms with van der Waals surface area (Å²) in [4.78, 5) is 35.7. The molecule has 0 radical (unpaired) electrons. The van der Waals surface area contributed by atoms with Gasteiger partial charge < -0.3 is 34.6 Å². The Morgan fingerprint density at radius 2 is 1.93 bits per heavy atom. The highest BCUT2D eigenvalue weighted by Crippen LogP contribution is 2.41. The van der Waals surface area contributed by atoms with E-state index >= 15 is 0 Å². The molecule has 158 valence electrons. The maximum absolute atomic E-state index is 12.3. The third-order valence-corrected chi connectivity index (χ3v) is 4.73. The molecule has 0 saturated heterocycles. The summed E-state index contributed by atoms with van der Waals surface area (Å²) in [5.74, 6) is -6.26. The van der Waals surface area contributed by atoms with Gasteiger partial charge in [0.2, 0.25) is 5.79 Å². The lowest BCUT2D eigenvalue weighted by Gasteiger charge is -2.44. The lowest BCUT2D eigenvalue weighted by Crippen LogP contribution is -2.62. The molecule has 1 aromatic rings. The zero-order valence-electron chi connectivity index (χ0n) is 15.8. The third-order valence-electron chi connectivity index (χ3n) is 4.73. The maximum Gasteiger partial charge on any atom is 0.337 e. The van der Waals surface area contributed by atoms with Crippen molar-refractivity contribution in [3.8, 4) is 11.5 Å². The van der Waals surface area contributed by atoms with Gasteiger partial charge in [-0.3, -0.25) is 9.59 Å². The van der Waals surface area contributed by atoms with Crippen LogP contribution in [0.15, 0.2) is 30.0 Å². The van der Waals surface area contributed by atoms with Crippen molar-refractivity contribution in [2.24, 2.45) is 5.92 Å². The van der Waals surface area contributed by atoms with Gasteiger partial charge in [0.1, 0.15) is 0 Å². The molecule has 0 bridgehead atoms. The number of rotatable bonds is 7. The van der Waals surface area contributed by atoms with Gasteiger partial charge in [-0.05, 0) is 17.7 Å². The summed E-state index contributed by atoms with van der Waals surface area (Å²) in [6, 6.07) is 4.12. The molecular formula is C19H22O10. The first-order valence-corrected chi connectivity index (χ1v) is 8.59. The first-order valence-electron chi connectivity index (χ1n) is 8.59. The van der Waals surface area contributed by atoms with Crippen molar-refractivity contribution >= 4 is 18.2 Å². The summed E-state index contributed by atoms with van der Waals surface area (Å²) >= 11 is 0. The lowest BCUT2D eigenvalue weighted by molar-refractivity contribution is -0.273. The van der Waals surface area contributed by atoms with Crippen molar-refractivity contribution in [3.63, 3.8) is 0 Å². The number of benzene rings is 1. The standard InChI is InChI=1S/C19H22O10/c1-18(25)19(26,10-20)13(12(9-29-18)17(24)27-2)8-16(23)28-6-5-11-3-4-14(21)15(22)7-11/h3-4,7,9-10,13,21-22,25-26H,5-6,8H2,1-2H3. The molecule has 0 saturated carbocycles. The normalized spacial score (nSPS) is 26.1. The van der Waals surface area contributed by atoms with Crippen LogP contribution >= 0.6 is 0 Å². The SMILES string of the molecule is COC(=O)C1=COC(C)(O)C(O)(C=O)C1CC(=O)OCCc1ccc(O)c(O)c1. The zero-order chi connectivity index (χ0) is 21.8. The van der Waals surface area contributed by atoms with Crippen molar-refractivity contribution in [2.75, 3.05) is 13.7 Å². The van der Waals surface area contributed by atoms with Crippen molar-refractivity contribution in [1.82, 2.24) is 0 Å². The van der Waals surface area contributed by atoms with Gasteiger partial charge in [-0.15, -0.1) is 0 Å². The number of ether oxygens (including phenoxy) is 3. The van der Waals surface area contributed by atoms with E-state index in [9.17, 15) is 34.8 Å². The Kier molecular flexibility index (Phi) is 6.50. The number of carbonyl (C=O) groups excluding carboxylic acids is 3. The molecule has 29 heavy (non-hydrogen) atoms. The molecule has 10 nitrogen and oxygen atoms in total.